The molecule has 0 bridgehead atoms. The molecule has 0 radical (unpaired) electrons. The number of fused-ring (bicyclic) bond motifs is 6. The third-order valence-electron chi connectivity index (χ3n) is 3.83. The minimum atomic E-state index is -4.41. The van der Waals surface area contributed by atoms with Crippen molar-refractivity contribution in [3.05, 3.63) is 36.4 Å². The van der Waals surface area contributed by atoms with E-state index in [1.807, 2.05) is 12.1 Å². The summed E-state index contributed by atoms with van der Waals surface area (Å²) in [5.74, 6) is 0.875. The summed E-state index contributed by atoms with van der Waals surface area (Å²) in [5.41, 5.74) is 0.487. The van der Waals surface area contributed by atoms with Gasteiger partial charge in [-0.25, -0.2) is 0 Å². The Bertz CT molecular complexity index is 948. The van der Waals surface area contributed by atoms with Crippen LogP contribution < -0.4 is 23.6 Å². The highest BCUT2D eigenvalue weighted by Crippen LogP contribution is 2.40. The number of halogens is 2. The van der Waals surface area contributed by atoms with Gasteiger partial charge in [0.2, 0.25) is 0 Å². The van der Waals surface area contributed by atoms with E-state index in [1.165, 1.54) is 14.2 Å². The molecule has 5 nitrogen and oxygen atoms in total. The van der Waals surface area contributed by atoms with Gasteiger partial charge < -0.3 is 27.5 Å². The van der Waals surface area contributed by atoms with Crippen LogP contribution in [0.15, 0.2) is 36.4 Å². The number of nitrogens with zero attached hydrogens (tertiary/aromatic N) is 1. The number of hydrogen-bond acceptors (Lipinski definition) is 4. The zero-order chi connectivity index (χ0) is 16.2. The average Bonchev–Trinajstić information content (AvgIpc) is 2.89. The molecule has 1 aromatic heterocycles. The maximum atomic E-state index is 13.7. The summed E-state index contributed by atoms with van der Waals surface area (Å²) in [6.07, 6.45) is 0. The molecule has 4 rings (SSSR count). The van der Waals surface area contributed by atoms with Crippen LogP contribution in [0.2, 0.25) is 0 Å². The summed E-state index contributed by atoms with van der Waals surface area (Å²) in [4.78, 5) is 0. The first-order valence-electron chi connectivity index (χ1n) is 6.95. The lowest BCUT2D eigenvalue weighted by atomic mass is 10.1. The van der Waals surface area contributed by atoms with Crippen LogP contribution in [0.3, 0.4) is 0 Å². The summed E-state index contributed by atoms with van der Waals surface area (Å²) in [6, 6.07) is 10.4. The quantitative estimate of drug-likeness (QED) is 0.413. The van der Waals surface area contributed by atoms with E-state index in [9.17, 15) is 8.63 Å². The van der Waals surface area contributed by atoms with Gasteiger partial charge in [0.25, 0.3) is 5.52 Å². The number of hydrogen-bond donors (Lipinski definition) is 0. The Labute approximate surface area is 130 Å². The maximum absolute atomic E-state index is 13.7. The number of ether oxygens (including phenoxy) is 2. The highest BCUT2D eigenvalue weighted by Gasteiger charge is 2.50. The van der Waals surface area contributed by atoms with Crippen LogP contribution in [0.4, 0.5) is 8.63 Å². The van der Waals surface area contributed by atoms with Gasteiger partial charge in [0, 0.05) is 22.2 Å². The molecule has 0 amide bonds. The monoisotopic (exact) mass is 319 g/mol. The Hall–Kier alpha value is -2.77. The van der Waals surface area contributed by atoms with Gasteiger partial charge in [-0.3, -0.25) is 0 Å². The second-order valence-corrected chi connectivity index (χ2v) is 5.13. The van der Waals surface area contributed by atoms with Crippen LogP contribution in [-0.2, 0) is 0 Å². The molecule has 1 aliphatic heterocycles. The van der Waals surface area contributed by atoms with Crippen LogP contribution in [-0.4, -0.2) is 21.3 Å². The van der Waals surface area contributed by atoms with Gasteiger partial charge in [0.15, 0.2) is 11.5 Å². The van der Waals surface area contributed by atoms with Crippen LogP contribution in [0.5, 0.6) is 17.4 Å². The van der Waals surface area contributed by atoms with E-state index in [-0.39, 0.29) is 5.88 Å². The van der Waals surface area contributed by atoms with E-state index in [4.69, 9.17) is 18.9 Å². The van der Waals surface area contributed by atoms with Crippen LogP contribution in [0.1, 0.15) is 0 Å². The summed E-state index contributed by atoms with van der Waals surface area (Å²) in [5, 5.41) is 1.91. The molecule has 1 aliphatic rings. The Morgan fingerprint density at radius 1 is 0.957 bits per heavy atom. The van der Waals surface area contributed by atoms with Gasteiger partial charge in [-0.1, -0.05) is 12.1 Å². The zero-order valence-corrected chi connectivity index (χ0v) is 12.4. The molecule has 3 aromatic rings. The molecule has 0 saturated carbocycles. The number of rotatable bonds is 2. The van der Waals surface area contributed by atoms with Crippen molar-refractivity contribution >= 4 is 28.8 Å². The lowest BCUT2D eigenvalue weighted by Crippen LogP contribution is -2.48. The van der Waals surface area contributed by atoms with Crippen molar-refractivity contribution in [2.24, 2.45) is 0 Å². The van der Waals surface area contributed by atoms with Crippen molar-refractivity contribution < 1.29 is 32.2 Å². The van der Waals surface area contributed by atoms with Crippen molar-refractivity contribution in [3.63, 3.8) is 0 Å². The maximum Gasteiger partial charge on any atom is 0.782 e. The smallest absolute Gasteiger partial charge is 0.572 e. The molecule has 0 saturated heterocycles. The van der Waals surface area contributed by atoms with Crippen molar-refractivity contribution in [2.75, 3.05) is 14.2 Å². The molecule has 118 valence electrons. The number of pyridine rings is 1. The van der Waals surface area contributed by atoms with E-state index >= 15 is 0 Å². The third-order valence-corrected chi connectivity index (χ3v) is 3.83. The summed E-state index contributed by atoms with van der Waals surface area (Å²) >= 11 is 0. The minimum Gasteiger partial charge on any atom is -0.572 e. The molecule has 0 N–H and O–H groups in total. The van der Waals surface area contributed by atoms with Gasteiger partial charge in [0.1, 0.15) is 0 Å². The highest BCUT2D eigenvalue weighted by molar-refractivity contribution is 6.53. The minimum absolute atomic E-state index is 0.0512. The Balaban J connectivity index is 2.18. The first-order valence-corrected chi connectivity index (χ1v) is 6.95. The molecule has 0 spiro atoms. The molecule has 0 aliphatic carbocycles. The van der Waals surface area contributed by atoms with E-state index in [2.05, 4.69) is 0 Å². The number of benzene rings is 2. The van der Waals surface area contributed by atoms with Crippen molar-refractivity contribution in [3.8, 4) is 17.4 Å². The molecule has 23 heavy (non-hydrogen) atoms. The molecule has 0 fully saturated rings. The first-order chi connectivity index (χ1) is 11.0. The summed E-state index contributed by atoms with van der Waals surface area (Å²) in [6.45, 7) is 0. The highest BCUT2D eigenvalue weighted by atomic mass is 19.3. The Kier molecular flexibility index (Phi) is 2.78. The SMILES string of the molecule is COc1cc2c3[n+](c4ccccc4c2cc1OC)O[B-](F)(F)O3. The van der Waals surface area contributed by atoms with Crippen LogP contribution >= 0.6 is 0 Å². The lowest BCUT2D eigenvalue weighted by molar-refractivity contribution is -0.832. The second-order valence-electron chi connectivity index (χ2n) is 5.13. The summed E-state index contributed by atoms with van der Waals surface area (Å²) in [7, 11) is -1.41. The fourth-order valence-corrected chi connectivity index (χ4v) is 2.87. The van der Waals surface area contributed by atoms with Gasteiger partial charge in [0.05, 0.1) is 25.0 Å². The fraction of sp³-hybridized carbons (Fsp3) is 0.133. The standard InChI is InChI=1S/C15H12BF2NO4/c1-20-13-7-10-9-5-3-4-6-12(9)19-15(22-16(17,18)23-19)11(10)8-14(13)21-2/h3-8H,1-2H3. The van der Waals surface area contributed by atoms with Crippen molar-refractivity contribution in [1.82, 2.24) is 0 Å². The third kappa shape index (κ3) is 1.94. The van der Waals surface area contributed by atoms with E-state index < -0.39 is 7.11 Å². The van der Waals surface area contributed by atoms with E-state index in [0.717, 1.165) is 10.1 Å². The first kappa shape index (κ1) is 13.9. The topological polar surface area (TPSA) is 40.8 Å². The molecule has 8 heteroatoms. The largest absolute Gasteiger partial charge is 0.782 e. The normalized spacial score (nSPS) is 15.1. The van der Waals surface area contributed by atoms with E-state index in [1.54, 1.807) is 24.3 Å². The molecule has 2 aromatic carbocycles. The number of aromatic nitrogens is 1. The Morgan fingerprint density at radius 3 is 2.30 bits per heavy atom. The molecule has 2 heterocycles. The number of methoxy groups -OCH3 is 2. The molecule has 0 atom stereocenters. The lowest BCUT2D eigenvalue weighted by Gasteiger charge is -2.10. The van der Waals surface area contributed by atoms with Crippen LogP contribution in [0, 0.1) is 0 Å². The average molecular weight is 319 g/mol. The predicted molar refractivity (Wildman–Crippen MR) is 79.9 cm³/mol. The fourth-order valence-electron chi connectivity index (χ4n) is 2.87. The Morgan fingerprint density at radius 2 is 1.61 bits per heavy atom. The summed E-state index contributed by atoms with van der Waals surface area (Å²) < 4.78 is 48.4. The van der Waals surface area contributed by atoms with Gasteiger partial charge in [-0.05, 0) is 12.1 Å². The van der Waals surface area contributed by atoms with Gasteiger partial charge >= 0.3 is 13.0 Å². The molecular formula is C15H12BF2NO4. The molecule has 0 unspecified atom stereocenters. The van der Waals surface area contributed by atoms with Crippen molar-refractivity contribution in [1.29, 1.82) is 0 Å². The second kappa shape index (κ2) is 4.61. The van der Waals surface area contributed by atoms with Crippen LogP contribution in [0.25, 0.3) is 21.7 Å². The molecular weight excluding hydrogens is 307 g/mol. The van der Waals surface area contributed by atoms with Crippen molar-refractivity contribution in [2.45, 2.75) is 0 Å². The van der Waals surface area contributed by atoms with E-state index in [0.29, 0.717) is 27.8 Å². The predicted octanol–water partition coefficient (Wildman–Crippen LogP) is 2.49. The van der Waals surface area contributed by atoms with Gasteiger partial charge in [-0.2, -0.15) is 0 Å². The number of para-hydroxylation sites is 1. The van der Waals surface area contributed by atoms with Gasteiger partial charge in [-0.15, -0.1) is 0 Å². The zero-order valence-electron chi connectivity index (χ0n) is 12.4.